The second-order valence-electron chi connectivity index (χ2n) is 4.01. The van der Waals surface area contributed by atoms with Crippen LogP contribution in [0.4, 0.5) is 0 Å². The summed E-state index contributed by atoms with van der Waals surface area (Å²) in [4.78, 5) is 0. The molecule has 0 amide bonds. The first-order chi connectivity index (χ1) is 5.83. The van der Waals surface area contributed by atoms with E-state index >= 15 is 0 Å². The van der Waals surface area contributed by atoms with Gasteiger partial charge in [-0.15, -0.1) is 6.58 Å². The molecule has 0 bridgehead atoms. The Morgan fingerprint density at radius 2 is 2.25 bits per heavy atom. The summed E-state index contributed by atoms with van der Waals surface area (Å²) in [7, 11) is 0. The lowest BCUT2D eigenvalue weighted by atomic mass is 9.83. The summed E-state index contributed by atoms with van der Waals surface area (Å²) in [5.41, 5.74) is 5.91. The van der Waals surface area contributed by atoms with Gasteiger partial charge < -0.3 is 5.73 Å². The van der Waals surface area contributed by atoms with Crippen LogP contribution in [0.1, 0.15) is 44.9 Å². The summed E-state index contributed by atoms with van der Waals surface area (Å²) in [5.74, 6) is 0.911. The molecule has 2 N–H and O–H groups in total. The number of unbranched alkanes of at least 4 members (excludes halogenated alkanes) is 1. The Balaban J connectivity index is 2.09. The fourth-order valence-electron chi connectivity index (χ4n) is 2.15. The van der Waals surface area contributed by atoms with Crippen LogP contribution in [0, 0.1) is 5.92 Å². The highest BCUT2D eigenvalue weighted by molar-refractivity contribution is 4.76. The zero-order valence-corrected chi connectivity index (χ0v) is 7.97. The minimum absolute atomic E-state index is 0.493. The van der Waals surface area contributed by atoms with Crippen molar-refractivity contribution >= 4 is 0 Å². The van der Waals surface area contributed by atoms with E-state index in [2.05, 4.69) is 6.58 Å². The van der Waals surface area contributed by atoms with Gasteiger partial charge >= 0.3 is 0 Å². The number of nitrogens with two attached hydrogens (primary N) is 1. The van der Waals surface area contributed by atoms with Crippen molar-refractivity contribution in [1.29, 1.82) is 0 Å². The Bertz CT molecular complexity index is 131. The van der Waals surface area contributed by atoms with E-state index < -0.39 is 0 Å². The average molecular weight is 167 g/mol. The topological polar surface area (TPSA) is 26.0 Å². The van der Waals surface area contributed by atoms with Crippen LogP contribution in [0.3, 0.4) is 0 Å². The van der Waals surface area contributed by atoms with Crippen LogP contribution < -0.4 is 5.73 Å². The Kier molecular flexibility index (Phi) is 4.37. The van der Waals surface area contributed by atoms with Gasteiger partial charge in [-0.25, -0.2) is 0 Å². The molecule has 0 aromatic rings. The standard InChI is InChI=1S/C11H21N/c1-2-3-4-6-10-7-5-8-11(12)9-10/h2,10-11H,1,3-9,12H2. The second kappa shape index (κ2) is 5.36. The predicted molar refractivity (Wildman–Crippen MR) is 54.0 cm³/mol. The van der Waals surface area contributed by atoms with Crippen molar-refractivity contribution in [2.75, 3.05) is 0 Å². The van der Waals surface area contributed by atoms with E-state index in [4.69, 9.17) is 5.73 Å². The Hall–Kier alpha value is -0.300. The third kappa shape index (κ3) is 3.40. The van der Waals surface area contributed by atoms with Gasteiger partial charge in [0.1, 0.15) is 0 Å². The Morgan fingerprint density at radius 1 is 1.42 bits per heavy atom. The molecular weight excluding hydrogens is 146 g/mol. The number of rotatable bonds is 4. The largest absolute Gasteiger partial charge is 0.328 e. The van der Waals surface area contributed by atoms with E-state index in [0.717, 1.165) is 5.92 Å². The summed E-state index contributed by atoms with van der Waals surface area (Å²) in [6.07, 6.45) is 11.1. The van der Waals surface area contributed by atoms with Gasteiger partial charge in [0.2, 0.25) is 0 Å². The van der Waals surface area contributed by atoms with Gasteiger partial charge in [-0.2, -0.15) is 0 Å². The van der Waals surface area contributed by atoms with Crippen LogP contribution >= 0.6 is 0 Å². The second-order valence-corrected chi connectivity index (χ2v) is 4.01. The maximum Gasteiger partial charge on any atom is 0.00414 e. The third-order valence-electron chi connectivity index (χ3n) is 2.84. The normalized spacial score (nSPS) is 30.1. The van der Waals surface area contributed by atoms with E-state index in [1.54, 1.807) is 0 Å². The molecular formula is C11H21N. The molecule has 0 saturated heterocycles. The van der Waals surface area contributed by atoms with Crippen LogP contribution in [0.15, 0.2) is 12.7 Å². The van der Waals surface area contributed by atoms with E-state index in [1.807, 2.05) is 6.08 Å². The number of hydrogen-bond acceptors (Lipinski definition) is 1. The van der Waals surface area contributed by atoms with Crippen molar-refractivity contribution in [3.8, 4) is 0 Å². The zero-order chi connectivity index (χ0) is 8.81. The lowest BCUT2D eigenvalue weighted by Gasteiger charge is -2.26. The summed E-state index contributed by atoms with van der Waals surface area (Å²) in [6.45, 7) is 3.73. The quantitative estimate of drug-likeness (QED) is 0.505. The summed E-state index contributed by atoms with van der Waals surface area (Å²) < 4.78 is 0. The summed E-state index contributed by atoms with van der Waals surface area (Å²) in [6, 6.07) is 0.493. The monoisotopic (exact) mass is 167 g/mol. The first kappa shape index (κ1) is 9.79. The van der Waals surface area contributed by atoms with Crippen LogP contribution in [0.5, 0.6) is 0 Å². The fraction of sp³-hybridized carbons (Fsp3) is 0.818. The molecule has 0 heterocycles. The molecule has 2 unspecified atom stereocenters. The minimum Gasteiger partial charge on any atom is -0.328 e. The van der Waals surface area contributed by atoms with E-state index in [1.165, 1.54) is 44.9 Å². The molecule has 2 atom stereocenters. The molecule has 0 aromatic heterocycles. The van der Waals surface area contributed by atoms with Gasteiger partial charge in [-0.3, -0.25) is 0 Å². The lowest BCUT2D eigenvalue weighted by molar-refractivity contribution is 0.302. The maximum absolute atomic E-state index is 5.91. The van der Waals surface area contributed by atoms with Gasteiger partial charge in [0.15, 0.2) is 0 Å². The molecule has 1 aliphatic rings. The predicted octanol–water partition coefficient (Wildman–Crippen LogP) is 2.86. The van der Waals surface area contributed by atoms with Gasteiger partial charge in [0, 0.05) is 6.04 Å². The highest BCUT2D eigenvalue weighted by Crippen LogP contribution is 2.27. The fourth-order valence-corrected chi connectivity index (χ4v) is 2.15. The smallest absolute Gasteiger partial charge is 0.00414 e. The van der Waals surface area contributed by atoms with E-state index in [-0.39, 0.29) is 0 Å². The first-order valence-corrected chi connectivity index (χ1v) is 5.19. The SMILES string of the molecule is C=CCCCC1CCCC(N)C1. The maximum atomic E-state index is 5.91. The van der Waals surface area contributed by atoms with Crippen molar-refractivity contribution in [3.63, 3.8) is 0 Å². The Labute approximate surface area is 76.0 Å². The van der Waals surface area contributed by atoms with Crippen LogP contribution in [-0.2, 0) is 0 Å². The molecule has 1 nitrogen and oxygen atoms in total. The molecule has 1 fully saturated rings. The van der Waals surface area contributed by atoms with Crippen molar-refractivity contribution in [1.82, 2.24) is 0 Å². The molecule has 1 heteroatoms. The van der Waals surface area contributed by atoms with Gasteiger partial charge in [0.05, 0.1) is 0 Å². The molecule has 12 heavy (non-hydrogen) atoms. The number of allylic oxidation sites excluding steroid dienone is 1. The van der Waals surface area contributed by atoms with Crippen LogP contribution in [0.2, 0.25) is 0 Å². The van der Waals surface area contributed by atoms with Crippen LogP contribution in [0.25, 0.3) is 0 Å². The molecule has 0 aliphatic heterocycles. The molecule has 0 aromatic carbocycles. The molecule has 1 aliphatic carbocycles. The van der Waals surface area contributed by atoms with Crippen molar-refractivity contribution in [2.24, 2.45) is 11.7 Å². The highest BCUT2D eigenvalue weighted by atomic mass is 14.6. The van der Waals surface area contributed by atoms with Gasteiger partial charge in [-0.05, 0) is 31.6 Å². The average Bonchev–Trinajstić information content (AvgIpc) is 2.05. The third-order valence-corrected chi connectivity index (χ3v) is 2.84. The first-order valence-electron chi connectivity index (χ1n) is 5.19. The molecule has 1 rings (SSSR count). The van der Waals surface area contributed by atoms with E-state index in [0.29, 0.717) is 6.04 Å². The number of hydrogen-bond donors (Lipinski definition) is 1. The molecule has 0 spiro atoms. The molecule has 70 valence electrons. The van der Waals surface area contributed by atoms with Gasteiger partial charge in [-0.1, -0.05) is 25.3 Å². The van der Waals surface area contributed by atoms with E-state index in [9.17, 15) is 0 Å². The van der Waals surface area contributed by atoms with Crippen molar-refractivity contribution < 1.29 is 0 Å². The highest BCUT2D eigenvalue weighted by Gasteiger charge is 2.17. The van der Waals surface area contributed by atoms with Gasteiger partial charge in [0.25, 0.3) is 0 Å². The lowest BCUT2D eigenvalue weighted by Crippen LogP contribution is -2.27. The zero-order valence-electron chi connectivity index (χ0n) is 7.97. The Morgan fingerprint density at radius 3 is 2.92 bits per heavy atom. The van der Waals surface area contributed by atoms with Crippen LogP contribution in [-0.4, -0.2) is 6.04 Å². The molecule has 0 radical (unpaired) electrons. The van der Waals surface area contributed by atoms with Crippen molar-refractivity contribution in [2.45, 2.75) is 51.0 Å². The summed E-state index contributed by atoms with van der Waals surface area (Å²) in [5, 5.41) is 0. The summed E-state index contributed by atoms with van der Waals surface area (Å²) >= 11 is 0. The minimum atomic E-state index is 0.493. The molecule has 1 saturated carbocycles. The van der Waals surface area contributed by atoms with Crippen molar-refractivity contribution in [3.05, 3.63) is 12.7 Å².